The Kier molecular flexibility index (Phi) is 5.05. The van der Waals surface area contributed by atoms with Gasteiger partial charge in [-0.25, -0.2) is 4.79 Å². The van der Waals surface area contributed by atoms with Crippen LogP contribution in [-0.4, -0.2) is 18.4 Å². The lowest BCUT2D eigenvalue weighted by molar-refractivity contribution is 0.0600. The van der Waals surface area contributed by atoms with Crippen LogP contribution in [0.2, 0.25) is 0 Å². The maximum Gasteiger partial charge on any atom is 0.337 e. The molecule has 0 unspecified atom stereocenters. The number of rotatable bonds is 3. The predicted octanol–water partition coefficient (Wildman–Crippen LogP) is 3.64. The Morgan fingerprint density at radius 2 is 2.27 bits per heavy atom. The number of halogens is 2. The second-order valence-electron chi connectivity index (χ2n) is 2.78. The molecule has 1 aromatic carbocycles. The van der Waals surface area contributed by atoms with Crippen LogP contribution in [0.3, 0.4) is 0 Å². The van der Waals surface area contributed by atoms with Gasteiger partial charge in [0.05, 0.1) is 12.7 Å². The van der Waals surface area contributed by atoms with Gasteiger partial charge in [0, 0.05) is 9.80 Å². The maximum absolute atomic E-state index is 11.2. The standard InChI is InChI=1S/C11H10Br2O2/c1-15-11(14)9-5-4-8(3-2-6-12)10(13)7-9/h2-5,7H,6H2,1H3. The molecule has 0 atom stereocenters. The van der Waals surface area contributed by atoms with Crippen molar-refractivity contribution < 1.29 is 9.53 Å². The number of methoxy groups -OCH3 is 1. The fourth-order valence-electron chi connectivity index (χ4n) is 1.08. The van der Waals surface area contributed by atoms with Crippen molar-refractivity contribution in [1.82, 2.24) is 0 Å². The van der Waals surface area contributed by atoms with Gasteiger partial charge in [-0.05, 0) is 17.7 Å². The van der Waals surface area contributed by atoms with Crippen molar-refractivity contribution in [3.63, 3.8) is 0 Å². The number of alkyl halides is 1. The molecule has 0 fully saturated rings. The van der Waals surface area contributed by atoms with E-state index in [2.05, 4.69) is 36.6 Å². The number of ether oxygens (including phenoxy) is 1. The largest absolute Gasteiger partial charge is 0.465 e. The van der Waals surface area contributed by atoms with E-state index in [0.29, 0.717) is 5.56 Å². The quantitative estimate of drug-likeness (QED) is 0.623. The molecular formula is C11H10Br2O2. The van der Waals surface area contributed by atoms with Crippen LogP contribution in [0.1, 0.15) is 15.9 Å². The predicted molar refractivity (Wildman–Crippen MR) is 68.3 cm³/mol. The summed E-state index contributed by atoms with van der Waals surface area (Å²) in [4.78, 5) is 11.2. The molecule has 15 heavy (non-hydrogen) atoms. The summed E-state index contributed by atoms with van der Waals surface area (Å²) in [5.41, 5.74) is 1.57. The number of hydrogen-bond donors (Lipinski definition) is 0. The summed E-state index contributed by atoms with van der Waals surface area (Å²) in [7, 11) is 1.37. The van der Waals surface area contributed by atoms with Crippen molar-refractivity contribution in [2.75, 3.05) is 12.4 Å². The summed E-state index contributed by atoms with van der Waals surface area (Å²) in [6.45, 7) is 0. The van der Waals surface area contributed by atoms with E-state index < -0.39 is 0 Å². The summed E-state index contributed by atoms with van der Waals surface area (Å²) in [5.74, 6) is -0.327. The van der Waals surface area contributed by atoms with Crippen LogP contribution >= 0.6 is 31.9 Å². The highest BCUT2D eigenvalue weighted by Gasteiger charge is 2.06. The summed E-state index contributed by atoms with van der Waals surface area (Å²) in [6.07, 6.45) is 3.96. The first-order valence-corrected chi connectivity index (χ1v) is 6.21. The second-order valence-corrected chi connectivity index (χ2v) is 4.29. The van der Waals surface area contributed by atoms with Crippen molar-refractivity contribution in [2.24, 2.45) is 0 Å². The topological polar surface area (TPSA) is 26.3 Å². The Balaban J connectivity index is 2.98. The molecule has 0 spiro atoms. The molecule has 0 aromatic heterocycles. The van der Waals surface area contributed by atoms with Gasteiger partial charge in [0.15, 0.2) is 0 Å². The number of carbonyl (C=O) groups excluding carboxylic acids is 1. The Morgan fingerprint density at radius 1 is 1.53 bits per heavy atom. The number of esters is 1. The minimum absolute atomic E-state index is 0.327. The molecule has 0 aliphatic rings. The van der Waals surface area contributed by atoms with Gasteiger partial charge in [-0.1, -0.05) is 50.1 Å². The minimum atomic E-state index is -0.327. The first-order chi connectivity index (χ1) is 7.19. The molecule has 0 saturated carbocycles. The highest BCUT2D eigenvalue weighted by atomic mass is 79.9. The van der Waals surface area contributed by atoms with Gasteiger partial charge >= 0.3 is 5.97 Å². The molecule has 2 nitrogen and oxygen atoms in total. The summed E-state index contributed by atoms with van der Waals surface area (Å²) < 4.78 is 5.50. The Labute approximate surface area is 106 Å². The summed E-state index contributed by atoms with van der Waals surface area (Å²) in [6, 6.07) is 5.36. The van der Waals surface area contributed by atoms with E-state index >= 15 is 0 Å². The minimum Gasteiger partial charge on any atom is -0.465 e. The first-order valence-electron chi connectivity index (χ1n) is 4.29. The van der Waals surface area contributed by atoms with E-state index in [-0.39, 0.29) is 5.97 Å². The molecule has 1 aromatic rings. The van der Waals surface area contributed by atoms with Crippen LogP contribution < -0.4 is 0 Å². The highest BCUT2D eigenvalue weighted by molar-refractivity contribution is 9.10. The van der Waals surface area contributed by atoms with Crippen LogP contribution in [0, 0.1) is 0 Å². The first kappa shape index (κ1) is 12.5. The van der Waals surface area contributed by atoms with E-state index in [1.54, 1.807) is 12.1 Å². The van der Waals surface area contributed by atoms with Crippen LogP contribution in [0.25, 0.3) is 6.08 Å². The number of allylic oxidation sites excluding steroid dienone is 1. The fraction of sp³-hybridized carbons (Fsp3) is 0.182. The highest BCUT2D eigenvalue weighted by Crippen LogP contribution is 2.20. The van der Waals surface area contributed by atoms with E-state index in [0.717, 1.165) is 15.4 Å². The molecular weight excluding hydrogens is 324 g/mol. The zero-order valence-electron chi connectivity index (χ0n) is 8.17. The van der Waals surface area contributed by atoms with E-state index in [9.17, 15) is 4.79 Å². The van der Waals surface area contributed by atoms with Gasteiger partial charge in [0.25, 0.3) is 0 Å². The van der Waals surface area contributed by atoms with Crippen molar-refractivity contribution >= 4 is 43.9 Å². The van der Waals surface area contributed by atoms with Gasteiger partial charge in [0.1, 0.15) is 0 Å². The Hall–Kier alpha value is -0.610. The van der Waals surface area contributed by atoms with E-state index in [1.165, 1.54) is 7.11 Å². The smallest absolute Gasteiger partial charge is 0.337 e. The molecule has 0 radical (unpaired) electrons. The van der Waals surface area contributed by atoms with Gasteiger partial charge in [-0.2, -0.15) is 0 Å². The van der Waals surface area contributed by atoms with Gasteiger partial charge < -0.3 is 4.74 Å². The normalized spacial score (nSPS) is 10.6. The van der Waals surface area contributed by atoms with Crippen molar-refractivity contribution in [1.29, 1.82) is 0 Å². The number of hydrogen-bond acceptors (Lipinski definition) is 2. The fourth-order valence-corrected chi connectivity index (χ4v) is 1.78. The number of benzene rings is 1. The third-order valence-electron chi connectivity index (χ3n) is 1.81. The van der Waals surface area contributed by atoms with Crippen molar-refractivity contribution in [3.05, 3.63) is 39.9 Å². The molecule has 0 N–H and O–H groups in total. The molecule has 4 heteroatoms. The lowest BCUT2D eigenvalue weighted by atomic mass is 10.1. The molecule has 0 aliphatic heterocycles. The van der Waals surface area contributed by atoms with E-state index in [1.807, 2.05) is 18.2 Å². The summed E-state index contributed by atoms with van der Waals surface area (Å²) in [5, 5.41) is 0.804. The molecule has 0 amide bonds. The van der Waals surface area contributed by atoms with Gasteiger partial charge in [-0.15, -0.1) is 0 Å². The average molecular weight is 334 g/mol. The molecule has 0 bridgehead atoms. The lowest BCUT2D eigenvalue weighted by Gasteiger charge is -2.02. The monoisotopic (exact) mass is 332 g/mol. The van der Waals surface area contributed by atoms with Crippen molar-refractivity contribution in [2.45, 2.75) is 0 Å². The molecule has 1 rings (SSSR count). The van der Waals surface area contributed by atoms with Crippen LogP contribution in [0.15, 0.2) is 28.7 Å². The third kappa shape index (κ3) is 3.47. The van der Waals surface area contributed by atoms with Crippen LogP contribution in [0.5, 0.6) is 0 Å². The van der Waals surface area contributed by atoms with E-state index in [4.69, 9.17) is 0 Å². The van der Waals surface area contributed by atoms with Gasteiger partial charge in [-0.3, -0.25) is 0 Å². The lowest BCUT2D eigenvalue weighted by Crippen LogP contribution is -2.00. The van der Waals surface area contributed by atoms with Crippen LogP contribution in [0.4, 0.5) is 0 Å². The second kappa shape index (κ2) is 6.08. The summed E-state index contributed by atoms with van der Waals surface area (Å²) >= 11 is 6.70. The Bertz CT molecular complexity index is 386. The maximum atomic E-state index is 11.2. The average Bonchev–Trinajstić information content (AvgIpc) is 2.26. The molecule has 0 aliphatic carbocycles. The molecule has 0 heterocycles. The van der Waals surface area contributed by atoms with Gasteiger partial charge in [0.2, 0.25) is 0 Å². The molecule has 80 valence electrons. The zero-order valence-corrected chi connectivity index (χ0v) is 11.3. The Morgan fingerprint density at radius 3 is 2.80 bits per heavy atom. The van der Waals surface area contributed by atoms with Crippen molar-refractivity contribution in [3.8, 4) is 0 Å². The third-order valence-corrected chi connectivity index (χ3v) is 2.87. The molecule has 0 saturated heterocycles. The zero-order chi connectivity index (χ0) is 11.3. The SMILES string of the molecule is COC(=O)c1ccc(C=CCBr)c(Br)c1. The number of carbonyl (C=O) groups is 1. The van der Waals surface area contributed by atoms with Crippen LogP contribution in [-0.2, 0) is 4.74 Å².